The molecule has 5 nitrogen and oxygen atoms in total. The molecule has 0 fully saturated rings. The van der Waals surface area contributed by atoms with Crippen LogP contribution in [-0.2, 0) is 11.3 Å². The summed E-state index contributed by atoms with van der Waals surface area (Å²) < 4.78 is 2.03. The molecule has 1 atom stereocenters. The SMILES string of the molecule is Cc1ccc(C)c([C@H](C(=O)O)N(C)CCn2ccnc2C)c1. The van der Waals surface area contributed by atoms with Gasteiger partial charge >= 0.3 is 5.97 Å². The van der Waals surface area contributed by atoms with Crippen molar-refractivity contribution >= 4 is 5.97 Å². The molecule has 5 heteroatoms. The van der Waals surface area contributed by atoms with Crippen molar-refractivity contribution in [3.8, 4) is 0 Å². The van der Waals surface area contributed by atoms with Gasteiger partial charge in [-0.2, -0.15) is 0 Å². The molecule has 2 rings (SSSR count). The summed E-state index contributed by atoms with van der Waals surface area (Å²) >= 11 is 0. The molecule has 1 aromatic carbocycles. The number of nitrogens with zero attached hydrogens (tertiary/aromatic N) is 3. The Morgan fingerprint density at radius 2 is 2.09 bits per heavy atom. The highest BCUT2D eigenvalue weighted by molar-refractivity contribution is 5.76. The lowest BCUT2D eigenvalue weighted by molar-refractivity contribution is -0.143. The lowest BCUT2D eigenvalue weighted by Gasteiger charge is -2.26. The van der Waals surface area contributed by atoms with Crippen molar-refractivity contribution in [2.45, 2.75) is 33.4 Å². The van der Waals surface area contributed by atoms with Crippen LogP contribution in [-0.4, -0.2) is 39.1 Å². The summed E-state index contributed by atoms with van der Waals surface area (Å²) in [5, 5.41) is 9.66. The predicted octanol–water partition coefficient (Wildman–Crippen LogP) is 2.57. The quantitative estimate of drug-likeness (QED) is 0.891. The number of carboxylic acid groups (broad SMARTS) is 1. The van der Waals surface area contributed by atoms with E-state index in [2.05, 4.69) is 4.98 Å². The average Bonchev–Trinajstić information content (AvgIpc) is 2.85. The molecular formula is C17H23N3O2. The van der Waals surface area contributed by atoms with E-state index in [1.54, 1.807) is 6.20 Å². The molecule has 0 aliphatic heterocycles. The molecule has 1 N–H and O–H groups in total. The van der Waals surface area contributed by atoms with E-state index in [1.807, 2.05) is 61.7 Å². The van der Waals surface area contributed by atoms with Crippen molar-refractivity contribution in [1.29, 1.82) is 0 Å². The zero-order chi connectivity index (χ0) is 16.3. The molecule has 0 unspecified atom stereocenters. The van der Waals surface area contributed by atoms with E-state index in [1.165, 1.54) is 0 Å². The van der Waals surface area contributed by atoms with Crippen LogP contribution in [0.15, 0.2) is 30.6 Å². The first-order valence-electron chi connectivity index (χ1n) is 7.38. The minimum absolute atomic E-state index is 0.635. The third-order valence-corrected chi connectivity index (χ3v) is 4.02. The lowest BCUT2D eigenvalue weighted by Crippen LogP contribution is -2.34. The number of hydrogen-bond donors (Lipinski definition) is 1. The number of aryl methyl sites for hydroxylation is 3. The van der Waals surface area contributed by atoms with Gasteiger partial charge in [0.1, 0.15) is 11.9 Å². The number of carboxylic acids is 1. The van der Waals surface area contributed by atoms with Crippen LogP contribution in [0.25, 0.3) is 0 Å². The number of benzene rings is 1. The van der Waals surface area contributed by atoms with Gasteiger partial charge in [-0.05, 0) is 38.9 Å². The standard InChI is InChI=1S/C17H23N3O2/c1-12-5-6-13(2)15(11-12)16(17(21)22)19(4)9-10-20-8-7-18-14(20)3/h5-8,11,16H,9-10H2,1-4H3,(H,21,22)/t16-/m1/s1. The number of imidazole rings is 1. The number of aromatic nitrogens is 2. The molecule has 1 heterocycles. The molecule has 118 valence electrons. The molecule has 0 spiro atoms. The molecule has 0 bridgehead atoms. The Hall–Kier alpha value is -2.14. The average molecular weight is 301 g/mol. The third-order valence-electron chi connectivity index (χ3n) is 4.02. The summed E-state index contributed by atoms with van der Waals surface area (Å²) in [5.41, 5.74) is 2.94. The maximum absolute atomic E-state index is 11.8. The summed E-state index contributed by atoms with van der Waals surface area (Å²) in [4.78, 5) is 17.8. The van der Waals surface area contributed by atoms with Crippen molar-refractivity contribution in [2.75, 3.05) is 13.6 Å². The smallest absolute Gasteiger partial charge is 0.325 e. The van der Waals surface area contributed by atoms with Crippen LogP contribution < -0.4 is 0 Å². The van der Waals surface area contributed by atoms with Gasteiger partial charge in [0, 0.05) is 25.5 Å². The van der Waals surface area contributed by atoms with Crippen molar-refractivity contribution in [3.05, 3.63) is 53.1 Å². The first-order valence-corrected chi connectivity index (χ1v) is 7.38. The predicted molar refractivity (Wildman–Crippen MR) is 85.9 cm³/mol. The van der Waals surface area contributed by atoms with E-state index in [0.29, 0.717) is 6.54 Å². The first-order chi connectivity index (χ1) is 10.4. The van der Waals surface area contributed by atoms with Crippen molar-refractivity contribution in [3.63, 3.8) is 0 Å². The van der Waals surface area contributed by atoms with Gasteiger partial charge in [0.25, 0.3) is 0 Å². The van der Waals surface area contributed by atoms with Gasteiger partial charge < -0.3 is 9.67 Å². The Morgan fingerprint density at radius 3 is 2.68 bits per heavy atom. The van der Waals surface area contributed by atoms with Crippen LogP contribution >= 0.6 is 0 Å². The first kappa shape index (κ1) is 16.2. The minimum Gasteiger partial charge on any atom is -0.480 e. The normalized spacial score (nSPS) is 12.6. The lowest BCUT2D eigenvalue weighted by atomic mass is 9.98. The molecule has 0 saturated heterocycles. The fourth-order valence-electron chi connectivity index (χ4n) is 2.65. The van der Waals surface area contributed by atoms with Crippen LogP contribution in [0.1, 0.15) is 28.6 Å². The zero-order valence-corrected chi connectivity index (χ0v) is 13.6. The summed E-state index contributed by atoms with van der Waals surface area (Å²) in [6.07, 6.45) is 3.67. The number of hydrogen-bond acceptors (Lipinski definition) is 3. The monoisotopic (exact) mass is 301 g/mol. The van der Waals surface area contributed by atoms with Crippen LogP contribution in [0.4, 0.5) is 0 Å². The Kier molecular flexibility index (Phi) is 4.98. The molecule has 0 saturated carbocycles. The van der Waals surface area contributed by atoms with Crippen LogP contribution in [0.5, 0.6) is 0 Å². The topological polar surface area (TPSA) is 58.4 Å². The van der Waals surface area contributed by atoms with Crippen molar-refractivity contribution in [1.82, 2.24) is 14.5 Å². The number of likely N-dealkylation sites (N-methyl/N-ethyl adjacent to an activating group) is 1. The van der Waals surface area contributed by atoms with Gasteiger partial charge in [0.2, 0.25) is 0 Å². The summed E-state index contributed by atoms with van der Waals surface area (Å²) in [5.74, 6) is 0.116. The van der Waals surface area contributed by atoms with E-state index < -0.39 is 12.0 Å². The minimum atomic E-state index is -0.821. The molecule has 1 aromatic heterocycles. The molecule has 2 aromatic rings. The second-order valence-electron chi connectivity index (χ2n) is 5.75. The van der Waals surface area contributed by atoms with Crippen LogP contribution in [0, 0.1) is 20.8 Å². The molecule has 0 aliphatic rings. The van der Waals surface area contributed by atoms with E-state index in [9.17, 15) is 9.90 Å². The highest BCUT2D eigenvalue weighted by Gasteiger charge is 2.26. The van der Waals surface area contributed by atoms with E-state index in [4.69, 9.17) is 0 Å². The van der Waals surface area contributed by atoms with Gasteiger partial charge in [0.15, 0.2) is 0 Å². The van der Waals surface area contributed by atoms with E-state index in [-0.39, 0.29) is 0 Å². The van der Waals surface area contributed by atoms with E-state index >= 15 is 0 Å². The van der Waals surface area contributed by atoms with Gasteiger partial charge in [0.05, 0.1) is 0 Å². The molecule has 0 amide bonds. The summed E-state index contributed by atoms with van der Waals surface area (Å²) in [6, 6.07) is 5.32. The molecule has 22 heavy (non-hydrogen) atoms. The summed E-state index contributed by atoms with van der Waals surface area (Å²) in [7, 11) is 1.85. The Morgan fingerprint density at radius 1 is 1.36 bits per heavy atom. The fraction of sp³-hybridized carbons (Fsp3) is 0.412. The Bertz CT molecular complexity index is 664. The number of carbonyl (C=O) groups is 1. The second kappa shape index (κ2) is 6.75. The van der Waals surface area contributed by atoms with Gasteiger partial charge in [-0.1, -0.05) is 23.8 Å². The third kappa shape index (κ3) is 3.54. The number of rotatable bonds is 6. The number of aliphatic carboxylic acids is 1. The maximum atomic E-state index is 11.8. The van der Waals surface area contributed by atoms with Crippen LogP contribution in [0.2, 0.25) is 0 Å². The molecule has 0 radical (unpaired) electrons. The fourth-order valence-corrected chi connectivity index (χ4v) is 2.65. The Balaban J connectivity index is 2.18. The van der Waals surface area contributed by atoms with Crippen LogP contribution in [0.3, 0.4) is 0 Å². The highest BCUT2D eigenvalue weighted by atomic mass is 16.4. The molecule has 0 aliphatic carbocycles. The maximum Gasteiger partial charge on any atom is 0.325 e. The Labute approximate surface area is 131 Å². The van der Waals surface area contributed by atoms with Crippen molar-refractivity contribution in [2.24, 2.45) is 0 Å². The second-order valence-corrected chi connectivity index (χ2v) is 5.75. The van der Waals surface area contributed by atoms with Gasteiger partial charge in [-0.25, -0.2) is 4.98 Å². The zero-order valence-electron chi connectivity index (χ0n) is 13.6. The molecular weight excluding hydrogens is 278 g/mol. The van der Waals surface area contributed by atoms with Gasteiger partial charge in [-0.3, -0.25) is 9.69 Å². The van der Waals surface area contributed by atoms with E-state index in [0.717, 1.165) is 29.1 Å². The highest BCUT2D eigenvalue weighted by Crippen LogP contribution is 2.24. The van der Waals surface area contributed by atoms with Crippen molar-refractivity contribution < 1.29 is 9.90 Å². The van der Waals surface area contributed by atoms with Gasteiger partial charge in [-0.15, -0.1) is 0 Å². The largest absolute Gasteiger partial charge is 0.480 e. The summed E-state index contributed by atoms with van der Waals surface area (Å²) in [6.45, 7) is 7.24.